The molecular formula is C18H12F2N2O4. The van der Waals surface area contributed by atoms with E-state index in [-0.39, 0.29) is 11.4 Å². The topological polar surface area (TPSA) is 92.3 Å². The zero-order valence-corrected chi connectivity index (χ0v) is 13.3. The van der Waals surface area contributed by atoms with E-state index in [0.29, 0.717) is 24.1 Å². The number of carbonyl (C=O) groups is 1. The van der Waals surface area contributed by atoms with Gasteiger partial charge in [-0.3, -0.25) is 4.79 Å². The van der Waals surface area contributed by atoms with Gasteiger partial charge >= 0.3 is 12.6 Å². The van der Waals surface area contributed by atoms with E-state index in [4.69, 9.17) is 5.11 Å². The highest BCUT2D eigenvalue weighted by atomic mass is 19.3. The lowest BCUT2D eigenvalue weighted by Crippen LogP contribution is -2.21. The van der Waals surface area contributed by atoms with Crippen molar-refractivity contribution in [2.45, 2.75) is 19.5 Å². The average molecular weight is 358 g/mol. The highest BCUT2D eigenvalue weighted by Gasteiger charge is 2.22. The molecule has 1 aliphatic carbocycles. The largest absolute Gasteiger partial charge is 0.477 e. The number of aryl methyl sites for hydroxylation is 2. The molecule has 0 radical (unpaired) electrons. The molecule has 6 nitrogen and oxygen atoms in total. The van der Waals surface area contributed by atoms with Crippen LogP contribution >= 0.6 is 0 Å². The van der Waals surface area contributed by atoms with E-state index in [9.17, 15) is 18.4 Å². The Kier molecular flexibility index (Phi) is 3.68. The Balaban J connectivity index is 1.87. The summed E-state index contributed by atoms with van der Waals surface area (Å²) in [6.45, 7) is -2.95. The Bertz CT molecular complexity index is 1110. The summed E-state index contributed by atoms with van der Waals surface area (Å²) in [7, 11) is 0. The number of carboxylic acid groups (broad SMARTS) is 1. The van der Waals surface area contributed by atoms with Crippen molar-refractivity contribution in [1.82, 2.24) is 9.97 Å². The number of hydrogen-bond acceptors (Lipinski definition) is 4. The number of rotatable bonds is 3. The number of carboxylic acids is 1. The van der Waals surface area contributed by atoms with Gasteiger partial charge in [0, 0.05) is 17.0 Å². The third kappa shape index (κ3) is 2.59. The Labute approximate surface area is 145 Å². The third-order valence-electron chi connectivity index (χ3n) is 4.43. The number of aromatic nitrogens is 2. The van der Waals surface area contributed by atoms with Crippen LogP contribution in [0.15, 0.2) is 35.1 Å². The maximum Gasteiger partial charge on any atom is 0.388 e. The molecule has 0 unspecified atom stereocenters. The smallest absolute Gasteiger partial charge is 0.388 e. The lowest BCUT2D eigenvalue weighted by Gasteiger charge is -2.21. The van der Waals surface area contributed by atoms with Crippen molar-refractivity contribution >= 4 is 16.9 Å². The summed E-state index contributed by atoms with van der Waals surface area (Å²) < 4.78 is 29.0. The number of ether oxygens (including phenoxy) is 1. The molecule has 1 aliphatic rings. The van der Waals surface area contributed by atoms with Crippen LogP contribution in [-0.4, -0.2) is 27.7 Å². The summed E-state index contributed by atoms with van der Waals surface area (Å²) in [6.07, 6.45) is 1.16. The number of pyridine rings is 2. The fourth-order valence-corrected chi connectivity index (χ4v) is 3.34. The molecule has 0 bridgehead atoms. The summed E-state index contributed by atoms with van der Waals surface area (Å²) in [5.41, 5.74) is 2.58. The maximum absolute atomic E-state index is 12.3. The number of nitrogens with one attached hydrogen (secondary N) is 1. The average Bonchev–Trinajstić information content (AvgIpc) is 2.59. The van der Waals surface area contributed by atoms with Crippen molar-refractivity contribution in [2.24, 2.45) is 0 Å². The normalized spacial score (nSPS) is 12.7. The number of fused-ring (bicyclic) bond motifs is 5. The molecule has 26 heavy (non-hydrogen) atoms. The molecule has 2 aromatic heterocycles. The van der Waals surface area contributed by atoms with Crippen LogP contribution < -0.4 is 10.3 Å². The monoisotopic (exact) mass is 358 g/mol. The summed E-state index contributed by atoms with van der Waals surface area (Å²) in [4.78, 5) is 29.9. The van der Waals surface area contributed by atoms with Gasteiger partial charge in [-0.2, -0.15) is 8.78 Å². The second kappa shape index (κ2) is 5.91. The predicted octanol–water partition coefficient (Wildman–Crippen LogP) is 2.99. The van der Waals surface area contributed by atoms with E-state index in [1.54, 1.807) is 18.2 Å². The number of nitrogens with zero attached hydrogens (tertiary/aromatic N) is 1. The molecule has 2 heterocycles. The van der Waals surface area contributed by atoms with Crippen molar-refractivity contribution in [2.75, 3.05) is 0 Å². The highest BCUT2D eigenvalue weighted by Crippen LogP contribution is 2.36. The number of aromatic carboxylic acids is 1. The fraction of sp³-hybridized carbons (Fsp3) is 0.167. The number of hydrogen-bond donors (Lipinski definition) is 2. The highest BCUT2D eigenvalue weighted by molar-refractivity contribution is 5.92. The summed E-state index contributed by atoms with van der Waals surface area (Å²) in [5, 5.41) is 9.87. The summed E-state index contributed by atoms with van der Waals surface area (Å²) >= 11 is 0. The lowest BCUT2D eigenvalue weighted by molar-refractivity contribution is -0.0526. The van der Waals surface area contributed by atoms with Crippen molar-refractivity contribution in [3.63, 3.8) is 0 Å². The molecule has 0 amide bonds. The van der Waals surface area contributed by atoms with Crippen molar-refractivity contribution in [3.05, 3.63) is 57.4 Å². The lowest BCUT2D eigenvalue weighted by atomic mass is 9.86. The van der Waals surface area contributed by atoms with Gasteiger partial charge in [-0.25, -0.2) is 9.78 Å². The number of alkyl halides is 2. The maximum atomic E-state index is 12.3. The molecule has 132 valence electrons. The molecule has 0 fully saturated rings. The van der Waals surface area contributed by atoms with Gasteiger partial charge in [-0.1, -0.05) is 6.07 Å². The number of halogens is 2. The quantitative estimate of drug-likeness (QED) is 0.751. The van der Waals surface area contributed by atoms with E-state index < -0.39 is 18.1 Å². The zero-order valence-electron chi connectivity index (χ0n) is 13.3. The Hall–Kier alpha value is -3.29. The van der Waals surface area contributed by atoms with Crippen LogP contribution in [0.1, 0.15) is 21.5 Å². The first kappa shape index (κ1) is 16.2. The minimum atomic E-state index is -2.95. The van der Waals surface area contributed by atoms with Crippen molar-refractivity contribution < 1.29 is 23.4 Å². The Morgan fingerprint density at radius 1 is 1.23 bits per heavy atom. The van der Waals surface area contributed by atoms with Gasteiger partial charge in [-0.05, 0) is 42.2 Å². The van der Waals surface area contributed by atoms with Crippen LogP contribution in [0.4, 0.5) is 8.78 Å². The first-order valence-electron chi connectivity index (χ1n) is 7.81. The van der Waals surface area contributed by atoms with Gasteiger partial charge in [0.2, 0.25) is 5.88 Å². The molecule has 0 aliphatic heterocycles. The second-order valence-electron chi connectivity index (χ2n) is 5.90. The van der Waals surface area contributed by atoms with Gasteiger partial charge in [-0.15, -0.1) is 0 Å². The van der Waals surface area contributed by atoms with Gasteiger partial charge in [0.15, 0.2) is 0 Å². The molecule has 0 spiro atoms. The second-order valence-corrected chi connectivity index (χ2v) is 5.90. The molecule has 0 saturated carbocycles. The SMILES string of the molecule is O=C(O)c1cc2c([nH]c1=O)-c1ccc3nc(OC(F)F)ccc3c1CC2. The summed E-state index contributed by atoms with van der Waals surface area (Å²) in [6, 6.07) is 7.84. The van der Waals surface area contributed by atoms with Crippen molar-refractivity contribution in [1.29, 1.82) is 0 Å². The minimum absolute atomic E-state index is 0.164. The number of benzene rings is 1. The van der Waals surface area contributed by atoms with E-state index in [0.717, 1.165) is 22.1 Å². The third-order valence-corrected chi connectivity index (χ3v) is 4.43. The fourth-order valence-electron chi connectivity index (χ4n) is 3.34. The van der Waals surface area contributed by atoms with Crippen molar-refractivity contribution in [3.8, 4) is 17.1 Å². The predicted molar refractivity (Wildman–Crippen MR) is 88.8 cm³/mol. The van der Waals surface area contributed by atoms with E-state index in [2.05, 4.69) is 14.7 Å². The van der Waals surface area contributed by atoms with E-state index >= 15 is 0 Å². The standard InChI is InChI=1S/C18H12F2N2O4/c19-18(20)26-14-6-4-10-9-2-1-8-7-12(17(24)25)16(23)22-15(8)11(9)3-5-13(10)21-14/h3-7,18H,1-2H2,(H,22,23)(H,24,25). The summed E-state index contributed by atoms with van der Waals surface area (Å²) in [5.74, 6) is -1.43. The van der Waals surface area contributed by atoms with Gasteiger partial charge in [0.05, 0.1) is 11.2 Å². The Morgan fingerprint density at radius 3 is 2.77 bits per heavy atom. The number of H-pyrrole nitrogens is 1. The molecule has 8 heteroatoms. The molecule has 0 atom stereocenters. The van der Waals surface area contributed by atoms with E-state index in [1.807, 2.05) is 0 Å². The van der Waals surface area contributed by atoms with Crippen LogP contribution in [0.25, 0.3) is 22.2 Å². The van der Waals surface area contributed by atoms with Crippen LogP contribution in [0.3, 0.4) is 0 Å². The molecule has 1 aromatic carbocycles. The molecule has 0 saturated heterocycles. The van der Waals surface area contributed by atoms with E-state index in [1.165, 1.54) is 12.1 Å². The molecule has 4 rings (SSSR count). The van der Waals surface area contributed by atoms with Crippen LogP contribution in [0.2, 0.25) is 0 Å². The van der Waals surface area contributed by atoms with Gasteiger partial charge < -0.3 is 14.8 Å². The van der Waals surface area contributed by atoms with Crippen LogP contribution in [-0.2, 0) is 12.8 Å². The van der Waals surface area contributed by atoms with Crippen LogP contribution in [0.5, 0.6) is 5.88 Å². The molecule has 3 aromatic rings. The minimum Gasteiger partial charge on any atom is -0.477 e. The van der Waals surface area contributed by atoms with Crippen LogP contribution in [0, 0.1) is 0 Å². The first-order chi connectivity index (χ1) is 12.4. The Morgan fingerprint density at radius 2 is 2.04 bits per heavy atom. The molecule has 2 N–H and O–H groups in total. The number of aromatic amines is 1. The zero-order chi connectivity index (χ0) is 18.4. The van der Waals surface area contributed by atoms with Gasteiger partial charge in [0.25, 0.3) is 5.56 Å². The first-order valence-corrected chi connectivity index (χ1v) is 7.81. The molecular weight excluding hydrogens is 346 g/mol. The van der Waals surface area contributed by atoms with Gasteiger partial charge in [0.1, 0.15) is 5.56 Å².